The van der Waals surface area contributed by atoms with Crippen LogP contribution in [0.15, 0.2) is 21.5 Å². The van der Waals surface area contributed by atoms with Crippen LogP contribution >= 0.6 is 15.9 Å². The van der Waals surface area contributed by atoms with Crippen molar-refractivity contribution in [2.45, 2.75) is 0 Å². The lowest BCUT2D eigenvalue weighted by Gasteiger charge is -1.91. The topological polar surface area (TPSA) is 39.4 Å². The summed E-state index contributed by atoms with van der Waals surface area (Å²) in [5.41, 5.74) is 0. The third kappa shape index (κ3) is 1.58. The Hall–Kier alpha value is -1.03. The Bertz CT molecular complexity index is 314. The molecule has 0 amide bonds. The number of carbonyl (C=O) groups is 1. The number of furan rings is 1. The van der Waals surface area contributed by atoms with Gasteiger partial charge >= 0.3 is 5.97 Å². The third-order valence-corrected chi connectivity index (χ3v) is 1.90. The van der Waals surface area contributed by atoms with Crippen molar-refractivity contribution in [3.8, 4) is 0 Å². The van der Waals surface area contributed by atoms with Gasteiger partial charge in [0.05, 0.1) is 11.6 Å². The molecule has 1 aromatic rings. The molecule has 1 rings (SSSR count). The molecular formula is C8H7BrO3. The van der Waals surface area contributed by atoms with Crippen LogP contribution in [0, 0.1) is 0 Å². The molecule has 0 saturated heterocycles. The minimum atomic E-state index is -0.496. The molecule has 0 N–H and O–H groups in total. The van der Waals surface area contributed by atoms with Crippen LogP contribution in [-0.2, 0) is 4.74 Å². The van der Waals surface area contributed by atoms with E-state index < -0.39 is 5.97 Å². The van der Waals surface area contributed by atoms with E-state index in [4.69, 9.17) is 4.42 Å². The molecule has 1 heterocycles. The van der Waals surface area contributed by atoms with E-state index in [2.05, 4.69) is 27.2 Å². The lowest BCUT2D eigenvalue weighted by atomic mass is 10.4. The normalized spacial score (nSPS) is 9.50. The van der Waals surface area contributed by atoms with E-state index in [9.17, 15) is 4.79 Å². The molecular weight excluding hydrogens is 224 g/mol. The van der Waals surface area contributed by atoms with Crippen LogP contribution < -0.4 is 0 Å². The molecule has 0 aliphatic rings. The largest absolute Gasteiger partial charge is 0.463 e. The second kappa shape index (κ2) is 3.58. The number of carbonyl (C=O) groups excluding carboxylic acids is 1. The Morgan fingerprint density at radius 3 is 2.92 bits per heavy atom. The van der Waals surface area contributed by atoms with Gasteiger partial charge in [-0.2, -0.15) is 0 Å². The van der Waals surface area contributed by atoms with Gasteiger partial charge in [-0.05, 0) is 22.0 Å². The predicted molar refractivity (Wildman–Crippen MR) is 47.8 cm³/mol. The van der Waals surface area contributed by atoms with Crippen molar-refractivity contribution in [3.63, 3.8) is 0 Å². The molecule has 0 aliphatic heterocycles. The van der Waals surface area contributed by atoms with E-state index in [0.29, 0.717) is 10.2 Å². The second-order valence-electron chi connectivity index (χ2n) is 2.02. The average Bonchev–Trinajstić information content (AvgIpc) is 2.45. The maximum absolute atomic E-state index is 10.9. The highest BCUT2D eigenvalue weighted by molar-refractivity contribution is 9.10. The molecule has 0 fully saturated rings. The van der Waals surface area contributed by atoms with E-state index in [1.54, 1.807) is 6.07 Å². The van der Waals surface area contributed by atoms with Gasteiger partial charge in [-0.25, -0.2) is 4.79 Å². The van der Waals surface area contributed by atoms with Crippen LogP contribution in [0.5, 0.6) is 0 Å². The van der Waals surface area contributed by atoms with E-state index in [0.717, 1.165) is 0 Å². The smallest absolute Gasteiger partial charge is 0.374 e. The molecule has 0 spiro atoms. The van der Waals surface area contributed by atoms with Gasteiger partial charge < -0.3 is 9.15 Å². The number of methoxy groups -OCH3 is 1. The van der Waals surface area contributed by atoms with Crippen molar-refractivity contribution in [1.82, 2.24) is 0 Å². The van der Waals surface area contributed by atoms with Crippen LogP contribution in [0.4, 0.5) is 0 Å². The van der Waals surface area contributed by atoms with Crippen molar-refractivity contribution in [3.05, 3.63) is 28.6 Å². The van der Waals surface area contributed by atoms with Gasteiger partial charge in [0.2, 0.25) is 5.76 Å². The third-order valence-electron chi connectivity index (χ3n) is 1.29. The van der Waals surface area contributed by atoms with E-state index in [-0.39, 0.29) is 5.76 Å². The number of esters is 1. The predicted octanol–water partition coefficient (Wildman–Crippen LogP) is 2.47. The Morgan fingerprint density at radius 1 is 1.83 bits per heavy atom. The highest BCUT2D eigenvalue weighted by atomic mass is 79.9. The maximum atomic E-state index is 10.9. The molecule has 0 bridgehead atoms. The monoisotopic (exact) mass is 230 g/mol. The Morgan fingerprint density at radius 2 is 2.50 bits per heavy atom. The van der Waals surface area contributed by atoms with Gasteiger partial charge in [-0.3, -0.25) is 0 Å². The molecule has 0 radical (unpaired) electrons. The van der Waals surface area contributed by atoms with Crippen LogP contribution in [0.3, 0.4) is 0 Å². The van der Waals surface area contributed by atoms with Crippen LogP contribution in [-0.4, -0.2) is 13.1 Å². The molecule has 0 atom stereocenters. The first-order chi connectivity index (χ1) is 5.69. The minimum absolute atomic E-state index is 0.166. The summed E-state index contributed by atoms with van der Waals surface area (Å²) in [6.07, 6.45) is 1.51. The van der Waals surface area contributed by atoms with Crippen LogP contribution in [0.25, 0.3) is 6.08 Å². The van der Waals surface area contributed by atoms with Gasteiger partial charge in [-0.15, -0.1) is 0 Å². The van der Waals surface area contributed by atoms with Gasteiger partial charge in [0.15, 0.2) is 0 Å². The van der Waals surface area contributed by atoms with Crippen LogP contribution in [0.2, 0.25) is 0 Å². The standard InChI is InChI=1S/C8H7BrO3/c1-3-6-5(9)4-7(12-6)8(10)11-2/h3-4H,1H2,2H3. The lowest BCUT2D eigenvalue weighted by molar-refractivity contribution is 0.0564. The fraction of sp³-hybridized carbons (Fsp3) is 0.125. The second-order valence-corrected chi connectivity index (χ2v) is 2.87. The zero-order valence-corrected chi connectivity index (χ0v) is 8.05. The number of halogens is 1. The summed E-state index contributed by atoms with van der Waals surface area (Å²) in [6.45, 7) is 3.51. The number of hydrogen-bond acceptors (Lipinski definition) is 3. The summed E-state index contributed by atoms with van der Waals surface area (Å²) in [5.74, 6) is 0.193. The number of ether oxygens (including phenoxy) is 1. The molecule has 0 unspecified atom stereocenters. The summed E-state index contributed by atoms with van der Waals surface area (Å²) < 4.78 is 10.2. The van der Waals surface area contributed by atoms with Gasteiger partial charge in [-0.1, -0.05) is 6.58 Å². The van der Waals surface area contributed by atoms with Crippen LogP contribution in [0.1, 0.15) is 16.3 Å². The summed E-state index contributed by atoms with van der Waals surface area (Å²) in [4.78, 5) is 10.9. The first kappa shape index (κ1) is 9.06. The zero-order chi connectivity index (χ0) is 9.14. The highest BCUT2D eigenvalue weighted by Crippen LogP contribution is 2.22. The first-order valence-electron chi connectivity index (χ1n) is 3.19. The molecule has 12 heavy (non-hydrogen) atoms. The molecule has 64 valence electrons. The first-order valence-corrected chi connectivity index (χ1v) is 3.98. The molecule has 0 aromatic carbocycles. The zero-order valence-electron chi connectivity index (χ0n) is 6.46. The highest BCUT2D eigenvalue weighted by Gasteiger charge is 2.13. The van der Waals surface area contributed by atoms with Crippen molar-refractivity contribution in [2.24, 2.45) is 0 Å². The van der Waals surface area contributed by atoms with Crippen molar-refractivity contribution in [2.75, 3.05) is 7.11 Å². The number of rotatable bonds is 2. The van der Waals surface area contributed by atoms with E-state index >= 15 is 0 Å². The summed E-state index contributed by atoms with van der Waals surface area (Å²) in [5, 5.41) is 0. The summed E-state index contributed by atoms with van der Waals surface area (Å²) in [6, 6.07) is 1.54. The Kier molecular flexibility index (Phi) is 2.70. The van der Waals surface area contributed by atoms with E-state index in [1.165, 1.54) is 13.2 Å². The average molecular weight is 231 g/mol. The molecule has 1 aromatic heterocycles. The van der Waals surface area contributed by atoms with Gasteiger partial charge in [0.1, 0.15) is 5.76 Å². The van der Waals surface area contributed by atoms with Crippen molar-refractivity contribution in [1.29, 1.82) is 0 Å². The van der Waals surface area contributed by atoms with E-state index in [1.807, 2.05) is 0 Å². The van der Waals surface area contributed by atoms with Crippen molar-refractivity contribution < 1.29 is 13.9 Å². The molecule has 4 heteroatoms. The maximum Gasteiger partial charge on any atom is 0.374 e. The molecule has 3 nitrogen and oxygen atoms in total. The Balaban J connectivity index is 3.04. The molecule has 0 aliphatic carbocycles. The number of hydrogen-bond donors (Lipinski definition) is 0. The summed E-state index contributed by atoms with van der Waals surface area (Å²) in [7, 11) is 1.30. The lowest BCUT2D eigenvalue weighted by Crippen LogP contribution is -1.98. The fourth-order valence-electron chi connectivity index (χ4n) is 0.723. The molecule has 0 saturated carbocycles. The fourth-order valence-corrected chi connectivity index (χ4v) is 1.17. The van der Waals surface area contributed by atoms with Gasteiger partial charge in [0.25, 0.3) is 0 Å². The van der Waals surface area contributed by atoms with Gasteiger partial charge in [0, 0.05) is 6.07 Å². The minimum Gasteiger partial charge on any atom is -0.463 e. The summed E-state index contributed by atoms with van der Waals surface area (Å²) >= 11 is 3.20. The SMILES string of the molecule is C=Cc1oc(C(=O)OC)cc1Br. The Labute approximate surface area is 78.1 Å². The quantitative estimate of drug-likeness (QED) is 0.734. The van der Waals surface area contributed by atoms with Crippen molar-refractivity contribution >= 4 is 28.0 Å².